The monoisotopic (exact) mass is 274 g/mol. The van der Waals surface area contributed by atoms with Gasteiger partial charge in [-0.1, -0.05) is 19.1 Å². The molecule has 0 spiro atoms. The summed E-state index contributed by atoms with van der Waals surface area (Å²) >= 11 is 0. The van der Waals surface area contributed by atoms with Crippen molar-refractivity contribution in [2.45, 2.75) is 19.8 Å². The molecule has 4 nitrogen and oxygen atoms in total. The van der Waals surface area contributed by atoms with Gasteiger partial charge in [-0.15, -0.1) is 0 Å². The van der Waals surface area contributed by atoms with Gasteiger partial charge in [0.1, 0.15) is 11.7 Å². The lowest BCUT2D eigenvalue weighted by molar-refractivity contribution is -0.152. The minimum absolute atomic E-state index is 0.216. The van der Waals surface area contributed by atoms with Crippen LogP contribution in [0.15, 0.2) is 24.3 Å². The fraction of sp³-hybridized carbons (Fsp3) is 0.400. The highest BCUT2D eigenvalue weighted by Gasteiger charge is 2.38. The fourth-order valence-corrected chi connectivity index (χ4v) is 2.35. The smallest absolute Gasteiger partial charge is 0.246 e. The van der Waals surface area contributed by atoms with E-state index in [2.05, 4.69) is 0 Å². The molecule has 0 aromatic heterocycles. The number of amides is 2. The summed E-state index contributed by atoms with van der Waals surface area (Å²) in [5.41, 5.74) is 0.846. The molecule has 1 fully saturated rings. The van der Waals surface area contributed by atoms with Crippen molar-refractivity contribution in [3.63, 3.8) is 0 Å². The van der Waals surface area contributed by atoms with E-state index < -0.39 is 11.8 Å². The quantitative estimate of drug-likeness (QED) is 0.791. The number of hydrogen-bond acceptors (Lipinski definition) is 3. The molecule has 0 unspecified atom stereocenters. The van der Waals surface area contributed by atoms with E-state index in [0.717, 1.165) is 10.5 Å². The van der Waals surface area contributed by atoms with E-state index in [1.54, 1.807) is 19.1 Å². The van der Waals surface area contributed by atoms with Gasteiger partial charge in [0.25, 0.3) is 0 Å². The highest BCUT2D eigenvalue weighted by molar-refractivity contribution is 6.00. The first-order chi connectivity index (χ1) is 9.52. The van der Waals surface area contributed by atoms with Crippen molar-refractivity contribution in [1.82, 2.24) is 4.90 Å². The molecule has 5 heteroatoms. The van der Waals surface area contributed by atoms with Gasteiger partial charge in [-0.25, -0.2) is 4.39 Å². The number of imide groups is 1. The van der Waals surface area contributed by atoms with Gasteiger partial charge in [0.05, 0.1) is 6.07 Å². The highest BCUT2D eigenvalue weighted by Crippen LogP contribution is 2.25. The third kappa shape index (κ3) is 2.85. The number of benzene rings is 1. The molecular formula is C15H15FN2O2. The number of nitriles is 1. The number of halogens is 1. The largest absolute Gasteiger partial charge is 0.281 e. The van der Waals surface area contributed by atoms with Crippen LogP contribution in [0.3, 0.4) is 0 Å². The maximum atomic E-state index is 12.8. The van der Waals surface area contributed by atoms with E-state index >= 15 is 0 Å². The fourth-order valence-electron chi connectivity index (χ4n) is 2.35. The molecule has 2 atom stereocenters. The lowest BCUT2D eigenvalue weighted by atomic mass is 9.87. The summed E-state index contributed by atoms with van der Waals surface area (Å²) in [6.07, 6.45) is 0.678. The molecule has 1 heterocycles. The molecule has 1 aliphatic rings. The van der Waals surface area contributed by atoms with Crippen molar-refractivity contribution in [1.29, 1.82) is 5.26 Å². The van der Waals surface area contributed by atoms with Crippen LogP contribution >= 0.6 is 0 Å². The molecule has 1 saturated heterocycles. The summed E-state index contributed by atoms with van der Waals surface area (Å²) < 4.78 is 12.8. The second-order valence-electron chi connectivity index (χ2n) is 5.05. The maximum absolute atomic E-state index is 12.8. The Morgan fingerprint density at radius 1 is 1.35 bits per heavy atom. The number of nitrogens with zero attached hydrogens (tertiary/aromatic N) is 2. The molecule has 1 aliphatic heterocycles. The molecule has 1 aromatic rings. The highest BCUT2D eigenvalue weighted by atomic mass is 19.1. The number of carbonyl (C=O) groups excluding carboxylic acids is 2. The molecule has 0 N–H and O–H groups in total. The summed E-state index contributed by atoms with van der Waals surface area (Å²) in [4.78, 5) is 25.1. The van der Waals surface area contributed by atoms with Gasteiger partial charge in [-0.05, 0) is 30.0 Å². The van der Waals surface area contributed by atoms with Gasteiger partial charge < -0.3 is 0 Å². The summed E-state index contributed by atoms with van der Waals surface area (Å²) in [7, 11) is 0. The summed E-state index contributed by atoms with van der Waals surface area (Å²) in [5.74, 6) is -1.96. The number of hydrogen-bond donors (Lipinski definition) is 0. The third-order valence-electron chi connectivity index (χ3n) is 3.58. The number of rotatable bonds is 3. The first-order valence-electron chi connectivity index (χ1n) is 6.51. The Balaban J connectivity index is 2.04. The first kappa shape index (κ1) is 14.2. The predicted molar refractivity (Wildman–Crippen MR) is 69.7 cm³/mol. The van der Waals surface area contributed by atoms with E-state index in [9.17, 15) is 14.0 Å². The van der Waals surface area contributed by atoms with Crippen molar-refractivity contribution in [3.8, 4) is 6.07 Å². The van der Waals surface area contributed by atoms with E-state index in [0.29, 0.717) is 6.42 Å². The first-order valence-corrected chi connectivity index (χ1v) is 6.51. The van der Waals surface area contributed by atoms with Crippen molar-refractivity contribution in [3.05, 3.63) is 35.6 Å². The molecule has 1 aromatic carbocycles. The number of likely N-dealkylation sites (tertiary alicyclic amines) is 1. The van der Waals surface area contributed by atoms with Gasteiger partial charge in [0.15, 0.2) is 0 Å². The molecule has 2 amide bonds. The molecule has 0 radical (unpaired) electrons. The van der Waals surface area contributed by atoms with E-state index in [-0.39, 0.29) is 30.6 Å². The second-order valence-corrected chi connectivity index (χ2v) is 5.05. The molecule has 0 aliphatic carbocycles. The summed E-state index contributed by atoms with van der Waals surface area (Å²) in [6, 6.07) is 7.90. The zero-order valence-corrected chi connectivity index (χ0v) is 11.2. The summed E-state index contributed by atoms with van der Waals surface area (Å²) in [6.45, 7) is 1.97. The molecule has 0 bridgehead atoms. The van der Waals surface area contributed by atoms with Gasteiger partial charge in [-0.3, -0.25) is 14.5 Å². The Labute approximate surface area is 116 Å². The van der Waals surface area contributed by atoms with E-state index in [1.165, 1.54) is 12.1 Å². The second kappa shape index (κ2) is 5.83. The molecule has 0 saturated carbocycles. The van der Waals surface area contributed by atoms with Crippen LogP contribution in [0.4, 0.5) is 4.39 Å². The predicted octanol–water partition coefficient (Wildman–Crippen LogP) is 1.90. The van der Waals surface area contributed by atoms with Crippen LogP contribution in [0.2, 0.25) is 0 Å². The Bertz CT molecular complexity index is 562. The Hall–Kier alpha value is -2.22. The summed E-state index contributed by atoms with van der Waals surface area (Å²) in [5, 5.41) is 9.00. The van der Waals surface area contributed by atoms with Gasteiger partial charge >= 0.3 is 0 Å². The SMILES string of the molecule is C[C@H]1CC(=O)N(CCc2ccc(F)cc2)C(=O)[C@@H]1C#N. The zero-order valence-electron chi connectivity index (χ0n) is 11.2. The third-order valence-corrected chi connectivity index (χ3v) is 3.58. The van der Waals surface area contributed by atoms with Crippen molar-refractivity contribution in [2.75, 3.05) is 6.54 Å². The van der Waals surface area contributed by atoms with Crippen LogP contribution < -0.4 is 0 Å². The molecule has 104 valence electrons. The van der Waals surface area contributed by atoms with E-state index in [4.69, 9.17) is 5.26 Å². The van der Waals surface area contributed by atoms with Crippen LogP contribution in [-0.4, -0.2) is 23.3 Å². The molecule has 20 heavy (non-hydrogen) atoms. The van der Waals surface area contributed by atoms with Crippen molar-refractivity contribution in [2.24, 2.45) is 11.8 Å². The van der Waals surface area contributed by atoms with Crippen LogP contribution in [-0.2, 0) is 16.0 Å². The van der Waals surface area contributed by atoms with Crippen LogP contribution in [0.1, 0.15) is 18.9 Å². The minimum atomic E-state index is -0.749. The number of piperidine rings is 1. The zero-order chi connectivity index (χ0) is 14.7. The Morgan fingerprint density at radius 2 is 2.00 bits per heavy atom. The molecular weight excluding hydrogens is 259 g/mol. The lowest BCUT2D eigenvalue weighted by Gasteiger charge is -2.31. The molecule has 2 rings (SSSR count). The normalized spacial score (nSPS) is 22.8. The Kier molecular flexibility index (Phi) is 4.14. The van der Waals surface area contributed by atoms with Crippen LogP contribution in [0.25, 0.3) is 0 Å². The van der Waals surface area contributed by atoms with Gasteiger partial charge in [-0.2, -0.15) is 5.26 Å². The average molecular weight is 274 g/mol. The van der Waals surface area contributed by atoms with Gasteiger partial charge in [0, 0.05) is 13.0 Å². The van der Waals surface area contributed by atoms with E-state index in [1.807, 2.05) is 6.07 Å². The Morgan fingerprint density at radius 3 is 2.60 bits per heavy atom. The van der Waals surface area contributed by atoms with Crippen LogP contribution in [0, 0.1) is 29.0 Å². The minimum Gasteiger partial charge on any atom is -0.281 e. The number of carbonyl (C=O) groups is 2. The van der Waals surface area contributed by atoms with Crippen molar-refractivity contribution >= 4 is 11.8 Å². The standard InChI is InChI=1S/C15H15FN2O2/c1-10-8-14(19)18(15(20)13(10)9-17)7-6-11-2-4-12(16)5-3-11/h2-5,10,13H,6-8H2,1H3/t10-,13+/m0/s1. The topological polar surface area (TPSA) is 61.2 Å². The van der Waals surface area contributed by atoms with Crippen molar-refractivity contribution < 1.29 is 14.0 Å². The van der Waals surface area contributed by atoms with Gasteiger partial charge in [0.2, 0.25) is 11.8 Å². The average Bonchev–Trinajstić information content (AvgIpc) is 2.40. The lowest BCUT2D eigenvalue weighted by Crippen LogP contribution is -2.48. The van der Waals surface area contributed by atoms with Crippen LogP contribution in [0.5, 0.6) is 0 Å². The maximum Gasteiger partial charge on any atom is 0.246 e.